The van der Waals surface area contributed by atoms with E-state index in [-0.39, 0.29) is 16.7 Å². The van der Waals surface area contributed by atoms with Crippen LogP contribution in [0, 0.1) is 16.7 Å². The topological polar surface area (TPSA) is 57.6 Å². The molecule has 1 heterocycles. The summed E-state index contributed by atoms with van der Waals surface area (Å²) < 4.78 is 0. The van der Waals surface area contributed by atoms with Gasteiger partial charge in [-0.3, -0.25) is 9.59 Å². The summed E-state index contributed by atoms with van der Waals surface area (Å²) in [5.74, 6) is -0.472. The average molecular weight is 293 g/mol. The minimum absolute atomic E-state index is 0.0208. The number of carbonyl (C=O) groups excluding carboxylic acids is 1. The molecule has 21 heavy (non-hydrogen) atoms. The van der Waals surface area contributed by atoms with Crippen molar-refractivity contribution in [2.24, 2.45) is 16.7 Å². The molecule has 1 atom stereocenters. The quantitative estimate of drug-likeness (QED) is 0.796. The second kappa shape index (κ2) is 5.29. The van der Waals surface area contributed by atoms with E-state index in [9.17, 15) is 9.59 Å². The van der Waals surface area contributed by atoms with Gasteiger partial charge in [0.2, 0.25) is 5.91 Å². The van der Waals surface area contributed by atoms with Crippen LogP contribution in [0.1, 0.15) is 64.7 Å². The van der Waals surface area contributed by atoms with Crippen molar-refractivity contribution in [3.05, 3.63) is 0 Å². The van der Waals surface area contributed by atoms with E-state index in [4.69, 9.17) is 5.11 Å². The summed E-state index contributed by atoms with van der Waals surface area (Å²) in [7, 11) is 0. The van der Waals surface area contributed by atoms with E-state index in [1.165, 1.54) is 25.7 Å². The van der Waals surface area contributed by atoms with Crippen molar-refractivity contribution in [2.75, 3.05) is 13.1 Å². The molecule has 4 heteroatoms. The maximum Gasteiger partial charge on any atom is 0.307 e. The Morgan fingerprint density at radius 2 is 1.57 bits per heavy atom. The number of rotatable bonds is 2. The maximum absolute atomic E-state index is 12.9. The number of carbonyl (C=O) groups is 2. The molecule has 2 aliphatic carbocycles. The number of likely N-dealkylation sites (tertiary alicyclic amines) is 1. The Hall–Kier alpha value is -1.06. The normalized spacial score (nSPS) is 30.7. The molecule has 118 valence electrons. The Morgan fingerprint density at radius 3 is 2.05 bits per heavy atom. The molecule has 3 fully saturated rings. The smallest absolute Gasteiger partial charge is 0.307 e. The first-order valence-electron chi connectivity index (χ1n) is 8.49. The van der Waals surface area contributed by atoms with Gasteiger partial charge in [-0.15, -0.1) is 0 Å². The SMILES string of the molecule is CC1(C(=O)N2CCC3(CC2)CC3C(=O)O)CCCCCC1. The highest BCUT2D eigenvalue weighted by molar-refractivity contribution is 5.82. The van der Waals surface area contributed by atoms with Gasteiger partial charge in [-0.2, -0.15) is 0 Å². The zero-order valence-electron chi connectivity index (χ0n) is 13.1. The highest BCUT2D eigenvalue weighted by atomic mass is 16.4. The van der Waals surface area contributed by atoms with Crippen molar-refractivity contribution >= 4 is 11.9 Å². The summed E-state index contributed by atoms with van der Waals surface area (Å²) in [5, 5.41) is 9.14. The Morgan fingerprint density at radius 1 is 1.00 bits per heavy atom. The summed E-state index contributed by atoms with van der Waals surface area (Å²) in [6, 6.07) is 0. The number of carboxylic acids is 1. The van der Waals surface area contributed by atoms with Crippen molar-refractivity contribution in [3.8, 4) is 0 Å². The van der Waals surface area contributed by atoms with E-state index in [0.29, 0.717) is 5.91 Å². The lowest BCUT2D eigenvalue weighted by Crippen LogP contribution is -2.46. The van der Waals surface area contributed by atoms with E-state index < -0.39 is 5.97 Å². The van der Waals surface area contributed by atoms with E-state index in [1.807, 2.05) is 4.90 Å². The molecule has 1 N–H and O–H groups in total. The van der Waals surface area contributed by atoms with Crippen LogP contribution in [-0.2, 0) is 9.59 Å². The molecule has 3 rings (SSSR count). The molecule has 4 nitrogen and oxygen atoms in total. The molecular weight excluding hydrogens is 266 g/mol. The number of nitrogens with zero attached hydrogens (tertiary/aromatic N) is 1. The van der Waals surface area contributed by atoms with Gasteiger partial charge in [0, 0.05) is 18.5 Å². The molecule has 0 aromatic rings. The molecule has 1 amide bonds. The molecule has 0 radical (unpaired) electrons. The van der Waals surface area contributed by atoms with Crippen LogP contribution in [0.2, 0.25) is 0 Å². The van der Waals surface area contributed by atoms with Gasteiger partial charge in [-0.05, 0) is 37.5 Å². The largest absolute Gasteiger partial charge is 0.481 e. The second-order valence-electron chi connectivity index (χ2n) is 7.72. The molecule has 2 saturated carbocycles. The van der Waals surface area contributed by atoms with Crippen LogP contribution in [0.15, 0.2) is 0 Å². The Bertz CT molecular complexity index is 429. The van der Waals surface area contributed by atoms with Crippen molar-refractivity contribution in [1.82, 2.24) is 4.90 Å². The van der Waals surface area contributed by atoms with E-state index in [1.54, 1.807) is 0 Å². The average Bonchev–Trinajstić information content (AvgIpc) is 3.20. The summed E-state index contributed by atoms with van der Waals surface area (Å²) in [5.41, 5.74) is -0.149. The Labute approximate surface area is 126 Å². The molecule has 1 spiro atoms. The molecule has 0 bridgehead atoms. The lowest BCUT2D eigenvalue weighted by atomic mass is 9.80. The van der Waals surface area contributed by atoms with Gasteiger partial charge in [0.1, 0.15) is 0 Å². The van der Waals surface area contributed by atoms with Crippen LogP contribution in [0.3, 0.4) is 0 Å². The predicted molar refractivity (Wildman–Crippen MR) is 79.8 cm³/mol. The van der Waals surface area contributed by atoms with Crippen LogP contribution in [0.4, 0.5) is 0 Å². The van der Waals surface area contributed by atoms with Gasteiger partial charge in [0.05, 0.1) is 5.92 Å². The first-order chi connectivity index (χ1) is 9.97. The van der Waals surface area contributed by atoms with Gasteiger partial charge in [-0.25, -0.2) is 0 Å². The third kappa shape index (κ3) is 2.69. The summed E-state index contributed by atoms with van der Waals surface area (Å²) >= 11 is 0. The van der Waals surface area contributed by atoms with Crippen LogP contribution in [0.25, 0.3) is 0 Å². The van der Waals surface area contributed by atoms with Crippen molar-refractivity contribution < 1.29 is 14.7 Å². The van der Waals surface area contributed by atoms with Crippen LogP contribution >= 0.6 is 0 Å². The van der Waals surface area contributed by atoms with Gasteiger partial charge in [0.25, 0.3) is 0 Å². The van der Waals surface area contributed by atoms with E-state index in [0.717, 1.165) is 45.2 Å². The highest BCUT2D eigenvalue weighted by Gasteiger charge is 2.59. The number of aliphatic carboxylic acids is 1. The van der Waals surface area contributed by atoms with Gasteiger partial charge >= 0.3 is 5.97 Å². The maximum atomic E-state index is 12.9. The lowest BCUT2D eigenvalue weighted by molar-refractivity contribution is -0.144. The first kappa shape index (κ1) is 14.9. The molecule has 1 unspecified atom stereocenters. The van der Waals surface area contributed by atoms with Gasteiger partial charge in [-0.1, -0.05) is 32.6 Å². The molecule has 3 aliphatic rings. The summed E-state index contributed by atoms with van der Waals surface area (Å²) in [6.07, 6.45) is 9.47. The monoisotopic (exact) mass is 293 g/mol. The summed E-state index contributed by atoms with van der Waals surface area (Å²) in [4.78, 5) is 26.0. The third-order valence-corrected chi connectivity index (χ3v) is 6.26. The van der Waals surface area contributed by atoms with Crippen molar-refractivity contribution in [1.29, 1.82) is 0 Å². The fourth-order valence-corrected chi connectivity index (χ4v) is 4.51. The molecule has 0 aromatic carbocycles. The number of carboxylic acid groups (broad SMARTS) is 1. The Balaban J connectivity index is 1.59. The number of piperidine rings is 1. The zero-order chi connectivity index (χ0) is 15.1. The van der Waals surface area contributed by atoms with Crippen LogP contribution in [0.5, 0.6) is 0 Å². The first-order valence-corrected chi connectivity index (χ1v) is 8.49. The fraction of sp³-hybridized carbons (Fsp3) is 0.882. The highest BCUT2D eigenvalue weighted by Crippen LogP contribution is 2.59. The minimum atomic E-state index is -0.648. The second-order valence-corrected chi connectivity index (χ2v) is 7.72. The van der Waals surface area contributed by atoms with Crippen molar-refractivity contribution in [3.63, 3.8) is 0 Å². The number of hydrogen-bond donors (Lipinski definition) is 1. The van der Waals surface area contributed by atoms with Gasteiger partial charge < -0.3 is 10.0 Å². The zero-order valence-corrected chi connectivity index (χ0v) is 13.1. The van der Waals surface area contributed by atoms with Gasteiger partial charge in [0.15, 0.2) is 0 Å². The summed E-state index contributed by atoms with van der Waals surface area (Å²) in [6.45, 7) is 3.67. The lowest BCUT2D eigenvalue weighted by Gasteiger charge is -2.38. The third-order valence-electron chi connectivity index (χ3n) is 6.26. The van der Waals surface area contributed by atoms with Crippen molar-refractivity contribution in [2.45, 2.75) is 64.7 Å². The number of amides is 1. The standard InChI is InChI=1S/C17H27NO3/c1-16(6-4-2-3-5-7-16)15(21)18-10-8-17(9-11-18)12-13(17)14(19)20/h13H,2-12H2,1H3,(H,19,20). The van der Waals surface area contributed by atoms with Crippen LogP contribution in [-0.4, -0.2) is 35.0 Å². The minimum Gasteiger partial charge on any atom is -0.481 e. The molecular formula is C17H27NO3. The predicted octanol–water partition coefficient (Wildman–Crippen LogP) is 3.06. The molecule has 1 aliphatic heterocycles. The van der Waals surface area contributed by atoms with Crippen LogP contribution < -0.4 is 0 Å². The molecule has 0 aromatic heterocycles. The fourth-order valence-electron chi connectivity index (χ4n) is 4.51. The number of hydrogen-bond acceptors (Lipinski definition) is 2. The molecule has 1 saturated heterocycles. The van der Waals surface area contributed by atoms with E-state index >= 15 is 0 Å². The Kier molecular flexibility index (Phi) is 3.74. The van der Waals surface area contributed by atoms with E-state index in [2.05, 4.69) is 6.92 Å².